The van der Waals surface area contributed by atoms with Gasteiger partial charge in [-0.05, 0) is 38.6 Å². The summed E-state index contributed by atoms with van der Waals surface area (Å²) in [5.74, 6) is 1.28. The van der Waals surface area contributed by atoms with E-state index in [1.165, 1.54) is 0 Å². The zero-order valence-electron chi connectivity index (χ0n) is 9.30. The maximum absolute atomic E-state index is 9.91. The van der Waals surface area contributed by atoms with Gasteiger partial charge in [0.15, 0.2) is 0 Å². The van der Waals surface area contributed by atoms with Crippen molar-refractivity contribution < 1.29 is 5.11 Å². The van der Waals surface area contributed by atoms with Crippen LogP contribution >= 0.6 is 11.6 Å². The van der Waals surface area contributed by atoms with E-state index in [4.69, 9.17) is 11.6 Å². The van der Waals surface area contributed by atoms with Crippen LogP contribution in [0.1, 0.15) is 33.1 Å². The summed E-state index contributed by atoms with van der Waals surface area (Å²) in [6.07, 6.45) is 2.92. The van der Waals surface area contributed by atoms with Gasteiger partial charge in [-0.1, -0.05) is 6.92 Å². The van der Waals surface area contributed by atoms with Crippen LogP contribution in [-0.2, 0) is 0 Å². The van der Waals surface area contributed by atoms with E-state index < -0.39 is 5.60 Å². The fourth-order valence-electron chi connectivity index (χ4n) is 1.99. The second-order valence-corrected chi connectivity index (χ2v) is 5.22. The van der Waals surface area contributed by atoms with Crippen LogP contribution in [0.15, 0.2) is 0 Å². The molecule has 0 aromatic carbocycles. The largest absolute Gasteiger partial charge is 0.390 e. The first-order valence-electron chi connectivity index (χ1n) is 5.54. The molecule has 1 saturated heterocycles. The Hall–Kier alpha value is 0.210. The number of aliphatic hydroxyl groups is 1. The van der Waals surface area contributed by atoms with Gasteiger partial charge >= 0.3 is 0 Å². The van der Waals surface area contributed by atoms with Gasteiger partial charge in [0, 0.05) is 19.0 Å². The van der Waals surface area contributed by atoms with E-state index in [9.17, 15) is 5.11 Å². The van der Waals surface area contributed by atoms with E-state index in [0.29, 0.717) is 5.92 Å². The molecule has 2 atom stereocenters. The van der Waals surface area contributed by atoms with Crippen LogP contribution in [0.5, 0.6) is 0 Å². The Kier molecular flexibility index (Phi) is 4.68. The monoisotopic (exact) mass is 219 g/mol. The predicted octanol–water partition coefficient (Wildman–Crippen LogP) is 2.10. The zero-order chi connectivity index (χ0) is 10.6. The molecule has 1 aliphatic heterocycles. The van der Waals surface area contributed by atoms with Crippen LogP contribution in [0, 0.1) is 5.92 Å². The molecular formula is C11H22ClNO. The normalized spacial score (nSPS) is 32.6. The smallest absolute Gasteiger partial charge is 0.0632 e. The molecule has 0 bridgehead atoms. The Morgan fingerprint density at radius 3 is 2.79 bits per heavy atom. The number of alkyl halides is 1. The lowest BCUT2D eigenvalue weighted by Crippen LogP contribution is -2.32. The van der Waals surface area contributed by atoms with Crippen molar-refractivity contribution in [2.24, 2.45) is 5.92 Å². The minimum atomic E-state index is -0.445. The quantitative estimate of drug-likeness (QED) is 0.735. The Labute approximate surface area is 92.2 Å². The summed E-state index contributed by atoms with van der Waals surface area (Å²) in [7, 11) is 0. The molecule has 0 aromatic rings. The number of rotatable bonds is 3. The molecule has 2 unspecified atom stereocenters. The minimum absolute atomic E-state index is 0.445. The summed E-state index contributed by atoms with van der Waals surface area (Å²) >= 11 is 5.79. The summed E-state index contributed by atoms with van der Waals surface area (Å²) in [5, 5.41) is 9.91. The van der Waals surface area contributed by atoms with Crippen LogP contribution in [0.2, 0.25) is 0 Å². The van der Waals surface area contributed by atoms with E-state index in [1.807, 2.05) is 6.92 Å². The van der Waals surface area contributed by atoms with Gasteiger partial charge in [-0.25, -0.2) is 0 Å². The fraction of sp³-hybridized carbons (Fsp3) is 1.00. The molecule has 0 radical (unpaired) electrons. The molecule has 3 heteroatoms. The number of likely N-dealkylation sites (tertiary alicyclic amines) is 1. The van der Waals surface area contributed by atoms with Gasteiger partial charge in [0.25, 0.3) is 0 Å². The van der Waals surface area contributed by atoms with E-state index in [-0.39, 0.29) is 0 Å². The third-order valence-electron chi connectivity index (χ3n) is 2.99. The van der Waals surface area contributed by atoms with Gasteiger partial charge in [0.05, 0.1) is 5.60 Å². The summed E-state index contributed by atoms with van der Waals surface area (Å²) < 4.78 is 0. The highest BCUT2D eigenvalue weighted by Crippen LogP contribution is 2.21. The van der Waals surface area contributed by atoms with E-state index in [2.05, 4.69) is 11.8 Å². The Bertz CT molecular complexity index is 173. The van der Waals surface area contributed by atoms with Crippen LogP contribution in [-0.4, -0.2) is 41.1 Å². The highest BCUT2D eigenvalue weighted by atomic mass is 35.5. The fourth-order valence-corrected chi connectivity index (χ4v) is 2.09. The topological polar surface area (TPSA) is 23.5 Å². The van der Waals surface area contributed by atoms with E-state index in [1.54, 1.807) is 0 Å². The lowest BCUT2D eigenvalue weighted by molar-refractivity contribution is 0.0443. The molecular weight excluding hydrogens is 198 g/mol. The highest BCUT2D eigenvalue weighted by Gasteiger charge is 2.25. The molecule has 0 aliphatic carbocycles. The number of hydrogen-bond donors (Lipinski definition) is 1. The molecule has 84 valence electrons. The molecule has 1 fully saturated rings. The third-order valence-corrected chi connectivity index (χ3v) is 3.52. The van der Waals surface area contributed by atoms with Gasteiger partial charge < -0.3 is 10.0 Å². The first-order chi connectivity index (χ1) is 6.53. The van der Waals surface area contributed by atoms with Gasteiger partial charge in [-0.3, -0.25) is 0 Å². The molecule has 1 heterocycles. The maximum Gasteiger partial charge on any atom is 0.0632 e. The van der Waals surface area contributed by atoms with Crippen LogP contribution in [0.25, 0.3) is 0 Å². The van der Waals surface area contributed by atoms with Gasteiger partial charge in [0.1, 0.15) is 0 Å². The van der Waals surface area contributed by atoms with Crippen molar-refractivity contribution in [1.82, 2.24) is 4.90 Å². The molecule has 1 aliphatic rings. The Morgan fingerprint density at radius 2 is 2.14 bits per heavy atom. The lowest BCUT2D eigenvalue weighted by Gasteiger charge is -2.24. The zero-order valence-corrected chi connectivity index (χ0v) is 10.1. The SMILES string of the molecule is CC(CCl)CN1CCCC(C)(O)CC1. The second-order valence-electron chi connectivity index (χ2n) is 4.91. The molecule has 2 nitrogen and oxygen atoms in total. The van der Waals surface area contributed by atoms with Crippen LogP contribution in [0.3, 0.4) is 0 Å². The number of nitrogens with zero attached hydrogens (tertiary/aromatic N) is 1. The predicted molar refractivity (Wildman–Crippen MR) is 60.8 cm³/mol. The van der Waals surface area contributed by atoms with Gasteiger partial charge in [0.2, 0.25) is 0 Å². The summed E-state index contributed by atoms with van der Waals surface area (Å²) in [6.45, 7) is 7.31. The van der Waals surface area contributed by atoms with Crippen molar-refractivity contribution in [1.29, 1.82) is 0 Å². The number of halogens is 1. The van der Waals surface area contributed by atoms with Crippen LogP contribution in [0.4, 0.5) is 0 Å². The van der Waals surface area contributed by atoms with Crippen molar-refractivity contribution in [3.63, 3.8) is 0 Å². The summed E-state index contributed by atoms with van der Waals surface area (Å²) in [5.41, 5.74) is -0.445. The van der Waals surface area contributed by atoms with Crippen molar-refractivity contribution in [2.45, 2.75) is 38.7 Å². The molecule has 1 N–H and O–H groups in total. The minimum Gasteiger partial charge on any atom is -0.390 e. The lowest BCUT2D eigenvalue weighted by atomic mass is 9.98. The first kappa shape index (κ1) is 12.3. The van der Waals surface area contributed by atoms with Crippen LogP contribution < -0.4 is 0 Å². The first-order valence-corrected chi connectivity index (χ1v) is 6.08. The van der Waals surface area contributed by atoms with Gasteiger partial charge in [-0.2, -0.15) is 0 Å². The second kappa shape index (κ2) is 5.34. The molecule has 14 heavy (non-hydrogen) atoms. The maximum atomic E-state index is 9.91. The summed E-state index contributed by atoms with van der Waals surface area (Å²) in [6, 6.07) is 0. The van der Waals surface area contributed by atoms with E-state index in [0.717, 1.165) is 44.8 Å². The molecule has 0 spiro atoms. The van der Waals surface area contributed by atoms with Crippen molar-refractivity contribution in [3.05, 3.63) is 0 Å². The average Bonchev–Trinajstić information content (AvgIpc) is 2.28. The standard InChI is InChI=1S/C11H22ClNO/c1-10(8-12)9-13-6-3-4-11(2,14)5-7-13/h10,14H,3-9H2,1-2H3. The number of hydrogen-bond acceptors (Lipinski definition) is 2. The summed E-state index contributed by atoms with van der Waals surface area (Å²) in [4.78, 5) is 2.43. The highest BCUT2D eigenvalue weighted by molar-refractivity contribution is 6.18. The van der Waals surface area contributed by atoms with Crippen molar-refractivity contribution in [3.8, 4) is 0 Å². The Balaban J connectivity index is 2.35. The average molecular weight is 220 g/mol. The molecule has 1 rings (SSSR count). The van der Waals surface area contributed by atoms with Crippen molar-refractivity contribution in [2.75, 3.05) is 25.5 Å². The third kappa shape index (κ3) is 4.16. The molecule has 0 aromatic heterocycles. The molecule has 0 saturated carbocycles. The van der Waals surface area contributed by atoms with Gasteiger partial charge in [-0.15, -0.1) is 11.6 Å². The Morgan fingerprint density at radius 1 is 1.43 bits per heavy atom. The van der Waals surface area contributed by atoms with Crippen molar-refractivity contribution >= 4 is 11.6 Å². The molecule has 0 amide bonds. The van der Waals surface area contributed by atoms with E-state index >= 15 is 0 Å².